The molecule has 0 aromatic heterocycles. The van der Waals surface area contributed by atoms with Crippen LogP contribution in [-0.2, 0) is 16.0 Å². The maximum Gasteiger partial charge on any atom is 0.264 e. The average Bonchev–Trinajstić information content (AvgIpc) is 3.05. The quantitative estimate of drug-likeness (QED) is 0.796. The van der Waals surface area contributed by atoms with Crippen LogP contribution in [0, 0.1) is 0 Å². The van der Waals surface area contributed by atoms with Gasteiger partial charge in [0.2, 0.25) is 5.91 Å². The van der Waals surface area contributed by atoms with Gasteiger partial charge in [-0.2, -0.15) is 0 Å². The van der Waals surface area contributed by atoms with Gasteiger partial charge in [-0.15, -0.1) is 0 Å². The van der Waals surface area contributed by atoms with Crippen LogP contribution in [0.5, 0.6) is 5.75 Å². The van der Waals surface area contributed by atoms with Crippen molar-refractivity contribution in [3.8, 4) is 5.75 Å². The highest BCUT2D eigenvalue weighted by atomic mass is 16.5. The molecule has 0 bridgehead atoms. The van der Waals surface area contributed by atoms with Gasteiger partial charge in [-0.3, -0.25) is 14.5 Å². The lowest BCUT2D eigenvalue weighted by Crippen LogP contribution is -2.53. The van der Waals surface area contributed by atoms with Crippen molar-refractivity contribution in [1.82, 2.24) is 15.1 Å². The van der Waals surface area contributed by atoms with E-state index in [1.165, 1.54) is 6.08 Å². The normalized spacial score (nSPS) is 20.2. The van der Waals surface area contributed by atoms with Crippen LogP contribution >= 0.6 is 0 Å². The molecule has 6 nitrogen and oxygen atoms in total. The number of ether oxygens (including phenoxy) is 1. The number of hydrogen-bond donors (Lipinski definition) is 1. The number of amides is 2. The minimum absolute atomic E-state index is 0.0748. The molecule has 128 valence electrons. The molecule has 1 N–H and O–H groups in total. The van der Waals surface area contributed by atoms with Gasteiger partial charge in [0.25, 0.3) is 5.91 Å². The Labute approximate surface area is 142 Å². The first-order valence-electron chi connectivity index (χ1n) is 8.33. The Kier molecular flexibility index (Phi) is 5.15. The number of benzene rings is 1. The van der Waals surface area contributed by atoms with Crippen molar-refractivity contribution >= 4 is 11.8 Å². The van der Waals surface area contributed by atoms with E-state index >= 15 is 0 Å². The maximum absolute atomic E-state index is 12.6. The molecule has 0 saturated carbocycles. The fraction of sp³-hybridized carbons (Fsp3) is 0.444. The number of hydrogen-bond acceptors (Lipinski definition) is 4. The Balaban J connectivity index is 1.43. The van der Waals surface area contributed by atoms with Gasteiger partial charge in [0.05, 0.1) is 0 Å². The molecule has 6 heteroatoms. The maximum atomic E-state index is 12.6. The van der Waals surface area contributed by atoms with Gasteiger partial charge in [0.1, 0.15) is 5.75 Å². The van der Waals surface area contributed by atoms with Crippen LogP contribution < -0.4 is 10.1 Å². The highest BCUT2D eigenvalue weighted by molar-refractivity contribution is 5.86. The van der Waals surface area contributed by atoms with Crippen molar-refractivity contribution in [1.29, 1.82) is 0 Å². The molecule has 0 spiro atoms. The number of para-hydroxylation sites is 1. The topological polar surface area (TPSA) is 61.9 Å². The van der Waals surface area contributed by atoms with Gasteiger partial charge >= 0.3 is 0 Å². The van der Waals surface area contributed by atoms with Crippen molar-refractivity contribution in [2.75, 3.05) is 39.3 Å². The Morgan fingerprint density at radius 1 is 1.25 bits per heavy atom. The van der Waals surface area contributed by atoms with E-state index < -0.39 is 0 Å². The molecule has 1 aromatic carbocycles. The number of rotatable bonds is 5. The van der Waals surface area contributed by atoms with Crippen LogP contribution in [0.15, 0.2) is 36.9 Å². The Hall–Kier alpha value is -2.34. The SMILES string of the molecule is C=CC(=O)NCCN1CCN(C(=O)C2Cc3ccccc3O2)CC1. The zero-order valence-electron chi connectivity index (χ0n) is 13.7. The summed E-state index contributed by atoms with van der Waals surface area (Å²) in [5.74, 6) is 0.750. The summed E-state index contributed by atoms with van der Waals surface area (Å²) in [5, 5.41) is 2.77. The fourth-order valence-electron chi connectivity index (χ4n) is 3.12. The van der Waals surface area contributed by atoms with Gasteiger partial charge in [0, 0.05) is 45.7 Å². The van der Waals surface area contributed by atoms with Gasteiger partial charge in [-0.05, 0) is 17.7 Å². The minimum Gasteiger partial charge on any atom is -0.480 e. The molecule has 1 atom stereocenters. The number of nitrogens with zero attached hydrogens (tertiary/aromatic N) is 2. The van der Waals surface area contributed by atoms with Gasteiger partial charge in [-0.1, -0.05) is 24.8 Å². The van der Waals surface area contributed by atoms with Crippen LogP contribution in [0.3, 0.4) is 0 Å². The number of nitrogens with one attached hydrogen (secondary N) is 1. The molecule has 24 heavy (non-hydrogen) atoms. The highest BCUT2D eigenvalue weighted by Gasteiger charge is 2.33. The zero-order valence-corrected chi connectivity index (χ0v) is 13.7. The molecule has 1 fully saturated rings. The molecular weight excluding hydrogens is 306 g/mol. The second-order valence-electron chi connectivity index (χ2n) is 6.08. The van der Waals surface area contributed by atoms with Crippen LogP contribution in [0.25, 0.3) is 0 Å². The van der Waals surface area contributed by atoms with E-state index in [9.17, 15) is 9.59 Å². The molecule has 1 saturated heterocycles. The molecule has 0 radical (unpaired) electrons. The van der Waals surface area contributed by atoms with E-state index in [0.29, 0.717) is 26.1 Å². The molecule has 2 aliphatic rings. The third-order valence-electron chi connectivity index (χ3n) is 4.52. The summed E-state index contributed by atoms with van der Waals surface area (Å²) in [4.78, 5) is 27.9. The second kappa shape index (κ2) is 7.49. The zero-order chi connectivity index (χ0) is 16.9. The number of carbonyl (C=O) groups is 2. The van der Waals surface area contributed by atoms with Gasteiger partial charge in [0.15, 0.2) is 6.10 Å². The first-order valence-corrected chi connectivity index (χ1v) is 8.33. The standard InChI is InChI=1S/C18H23N3O3/c1-2-17(22)19-7-8-20-9-11-21(12-10-20)18(23)16-13-14-5-3-4-6-15(14)24-16/h2-6,16H,1,7-13H2,(H,19,22). The smallest absolute Gasteiger partial charge is 0.264 e. The minimum atomic E-state index is -0.388. The van der Waals surface area contributed by atoms with E-state index in [4.69, 9.17) is 4.74 Å². The lowest BCUT2D eigenvalue weighted by Gasteiger charge is -2.35. The molecule has 1 aromatic rings. The summed E-state index contributed by atoms with van der Waals surface area (Å²) in [5.41, 5.74) is 1.10. The molecule has 0 aliphatic carbocycles. The van der Waals surface area contributed by atoms with Crippen LogP contribution in [-0.4, -0.2) is 67.0 Å². The van der Waals surface area contributed by atoms with E-state index in [0.717, 1.165) is 30.9 Å². The van der Waals surface area contributed by atoms with Crippen molar-refractivity contribution in [3.05, 3.63) is 42.5 Å². The average molecular weight is 329 g/mol. The van der Waals surface area contributed by atoms with E-state index in [1.807, 2.05) is 29.2 Å². The summed E-state index contributed by atoms with van der Waals surface area (Å²) >= 11 is 0. The Morgan fingerprint density at radius 2 is 2.00 bits per heavy atom. The molecule has 2 aliphatic heterocycles. The first-order chi connectivity index (χ1) is 11.7. The van der Waals surface area contributed by atoms with E-state index in [-0.39, 0.29) is 17.9 Å². The highest BCUT2D eigenvalue weighted by Crippen LogP contribution is 2.29. The molecular formula is C18H23N3O3. The van der Waals surface area contributed by atoms with Crippen LogP contribution in [0.4, 0.5) is 0 Å². The van der Waals surface area contributed by atoms with Crippen molar-refractivity contribution < 1.29 is 14.3 Å². The third-order valence-corrected chi connectivity index (χ3v) is 4.52. The Bertz CT molecular complexity index is 599. The predicted octanol–water partition coefficient (Wildman–Crippen LogP) is 0.437. The summed E-state index contributed by atoms with van der Waals surface area (Å²) < 4.78 is 5.79. The first kappa shape index (κ1) is 16.5. The lowest BCUT2D eigenvalue weighted by atomic mass is 10.1. The summed E-state index contributed by atoms with van der Waals surface area (Å²) in [6.45, 7) is 7.84. The van der Waals surface area contributed by atoms with Crippen molar-refractivity contribution in [2.24, 2.45) is 0 Å². The van der Waals surface area contributed by atoms with Gasteiger partial charge in [-0.25, -0.2) is 0 Å². The molecule has 2 amide bonds. The van der Waals surface area contributed by atoms with Crippen molar-refractivity contribution in [3.63, 3.8) is 0 Å². The lowest BCUT2D eigenvalue weighted by molar-refractivity contribution is -0.139. The number of fused-ring (bicyclic) bond motifs is 1. The largest absolute Gasteiger partial charge is 0.480 e. The number of carbonyl (C=O) groups excluding carboxylic acids is 2. The second-order valence-corrected chi connectivity index (χ2v) is 6.08. The fourth-order valence-corrected chi connectivity index (χ4v) is 3.12. The van der Waals surface area contributed by atoms with Crippen LogP contribution in [0.2, 0.25) is 0 Å². The predicted molar refractivity (Wildman–Crippen MR) is 90.8 cm³/mol. The van der Waals surface area contributed by atoms with Crippen molar-refractivity contribution in [2.45, 2.75) is 12.5 Å². The third kappa shape index (κ3) is 3.76. The summed E-state index contributed by atoms with van der Waals surface area (Å²) in [7, 11) is 0. The summed E-state index contributed by atoms with van der Waals surface area (Å²) in [6, 6.07) is 7.82. The van der Waals surface area contributed by atoms with Gasteiger partial charge < -0.3 is 15.0 Å². The summed E-state index contributed by atoms with van der Waals surface area (Å²) in [6.07, 6.45) is 1.54. The molecule has 1 unspecified atom stereocenters. The van der Waals surface area contributed by atoms with E-state index in [1.54, 1.807) is 0 Å². The molecule has 2 heterocycles. The molecule has 3 rings (SSSR count). The number of piperazine rings is 1. The van der Waals surface area contributed by atoms with E-state index in [2.05, 4.69) is 16.8 Å². The van der Waals surface area contributed by atoms with Crippen LogP contribution in [0.1, 0.15) is 5.56 Å². The Morgan fingerprint density at radius 3 is 2.71 bits per heavy atom. The monoisotopic (exact) mass is 329 g/mol.